The van der Waals surface area contributed by atoms with Gasteiger partial charge in [0.1, 0.15) is 0 Å². The summed E-state index contributed by atoms with van der Waals surface area (Å²) in [6.07, 6.45) is 0. The average Bonchev–Trinajstić information content (AvgIpc) is 2.62. The highest BCUT2D eigenvalue weighted by atomic mass is 79.9. The Hall–Kier alpha value is -2.21. The van der Waals surface area contributed by atoms with Crippen molar-refractivity contribution in [1.82, 2.24) is 0 Å². The first kappa shape index (κ1) is 19.1. The summed E-state index contributed by atoms with van der Waals surface area (Å²) < 4.78 is 16.9. The maximum Gasteiger partial charge on any atom is 0.338 e. The van der Waals surface area contributed by atoms with E-state index in [1.807, 2.05) is 31.2 Å². The summed E-state index contributed by atoms with van der Waals surface area (Å²) in [5, 5.41) is 3.32. The average molecular weight is 408 g/mol. The molecule has 5 nitrogen and oxygen atoms in total. The molecule has 0 radical (unpaired) electrons. The molecule has 25 heavy (non-hydrogen) atoms. The summed E-state index contributed by atoms with van der Waals surface area (Å²) in [4.78, 5) is 11.7. The van der Waals surface area contributed by atoms with Crippen LogP contribution in [0.4, 0.5) is 5.69 Å². The highest BCUT2D eigenvalue weighted by Crippen LogP contribution is 2.34. The van der Waals surface area contributed by atoms with Crippen molar-refractivity contribution in [3.05, 3.63) is 52.0 Å². The molecule has 0 spiro atoms. The zero-order valence-electron chi connectivity index (χ0n) is 14.6. The van der Waals surface area contributed by atoms with E-state index in [2.05, 4.69) is 21.2 Å². The number of halogens is 1. The molecule has 0 heterocycles. The smallest absolute Gasteiger partial charge is 0.338 e. The molecule has 0 fully saturated rings. The van der Waals surface area contributed by atoms with Gasteiger partial charge in [0.15, 0.2) is 11.5 Å². The van der Waals surface area contributed by atoms with Crippen LogP contribution in [0.5, 0.6) is 11.5 Å². The number of rotatable bonds is 8. The zero-order valence-corrected chi connectivity index (χ0v) is 16.2. The van der Waals surface area contributed by atoms with Crippen molar-refractivity contribution in [3.63, 3.8) is 0 Å². The van der Waals surface area contributed by atoms with Crippen molar-refractivity contribution in [2.24, 2.45) is 0 Å². The molecule has 1 N–H and O–H groups in total. The van der Waals surface area contributed by atoms with Gasteiger partial charge in [0, 0.05) is 16.7 Å². The molecular formula is C19H22BrNO4. The summed E-state index contributed by atoms with van der Waals surface area (Å²) in [6, 6.07) is 11.0. The van der Waals surface area contributed by atoms with Crippen LogP contribution in [0.3, 0.4) is 0 Å². The second kappa shape index (κ2) is 9.32. The SMILES string of the molecule is CCOC(=O)c1ccc(NCc2cc(OC)c(OCC)cc2Br)cc1. The standard InChI is InChI=1S/C19H22BrNO4/c1-4-24-18-11-16(20)14(10-17(18)23-3)12-21-15-8-6-13(7-9-15)19(22)25-5-2/h6-11,21H,4-5,12H2,1-3H3. The predicted molar refractivity (Wildman–Crippen MR) is 102 cm³/mol. The summed E-state index contributed by atoms with van der Waals surface area (Å²) in [6.45, 7) is 5.27. The van der Waals surface area contributed by atoms with Crippen molar-refractivity contribution in [2.45, 2.75) is 20.4 Å². The van der Waals surface area contributed by atoms with E-state index in [4.69, 9.17) is 14.2 Å². The zero-order chi connectivity index (χ0) is 18.2. The molecule has 0 unspecified atom stereocenters. The van der Waals surface area contributed by atoms with Crippen LogP contribution in [0, 0.1) is 0 Å². The third-order valence-electron chi connectivity index (χ3n) is 3.51. The Bertz CT molecular complexity index is 716. The second-order valence-electron chi connectivity index (χ2n) is 5.18. The van der Waals surface area contributed by atoms with Crippen LogP contribution in [-0.4, -0.2) is 26.3 Å². The third-order valence-corrected chi connectivity index (χ3v) is 4.25. The number of methoxy groups -OCH3 is 1. The molecule has 2 aromatic carbocycles. The third kappa shape index (κ3) is 5.13. The van der Waals surface area contributed by atoms with E-state index in [0.29, 0.717) is 36.8 Å². The number of hydrogen-bond donors (Lipinski definition) is 1. The van der Waals surface area contributed by atoms with Crippen molar-refractivity contribution < 1.29 is 19.0 Å². The maximum absolute atomic E-state index is 11.7. The van der Waals surface area contributed by atoms with Gasteiger partial charge in [-0.1, -0.05) is 15.9 Å². The molecule has 0 atom stereocenters. The molecule has 6 heteroatoms. The van der Waals surface area contributed by atoms with Crippen LogP contribution < -0.4 is 14.8 Å². The first-order valence-corrected chi connectivity index (χ1v) is 8.88. The van der Waals surface area contributed by atoms with Gasteiger partial charge in [0.05, 0.1) is 25.9 Å². The lowest BCUT2D eigenvalue weighted by Gasteiger charge is -2.14. The van der Waals surface area contributed by atoms with Crippen molar-refractivity contribution >= 4 is 27.6 Å². The van der Waals surface area contributed by atoms with Crippen molar-refractivity contribution in [3.8, 4) is 11.5 Å². The first-order valence-electron chi connectivity index (χ1n) is 8.09. The highest BCUT2D eigenvalue weighted by molar-refractivity contribution is 9.10. The summed E-state index contributed by atoms with van der Waals surface area (Å²) in [5.74, 6) is 1.09. The molecule has 0 amide bonds. The topological polar surface area (TPSA) is 56.8 Å². The Morgan fingerprint density at radius 2 is 1.80 bits per heavy atom. The van der Waals surface area contributed by atoms with E-state index in [0.717, 1.165) is 15.7 Å². The Balaban J connectivity index is 2.07. The fraction of sp³-hybridized carbons (Fsp3) is 0.316. The monoisotopic (exact) mass is 407 g/mol. The van der Waals surface area contributed by atoms with Gasteiger partial charge in [-0.2, -0.15) is 0 Å². The van der Waals surface area contributed by atoms with E-state index in [-0.39, 0.29) is 5.97 Å². The number of carbonyl (C=O) groups is 1. The van der Waals surface area contributed by atoms with Gasteiger partial charge in [-0.3, -0.25) is 0 Å². The normalized spacial score (nSPS) is 10.2. The van der Waals surface area contributed by atoms with Crippen molar-refractivity contribution in [1.29, 1.82) is 0 Å². The van der Waals surface area contributed by atoms with Crippen molar-refractivity contribution in [2.75, 3.05) is 25.6 Å². The van der Waals surface area contributed by atoms with Crippen LogP contribution in [0.2, 0.25) is 0 Å². The molecule has 0 aromatic heterocycles. The van der Waals surface area contributed by atoms with Gasteiger partial charge >= 0.3 is 5.97 Å². The van der Waals surface area contributed by atoms with Crippen LogP contribution in [0.25, 0.3) is 0 Å². The lowest BCUT2D eigenvalue weighted by atomic mass is 10.1. The number of carbonyl (C=O) groups excluding carboxylic acids is 1. The molecule has 134 valence electrons. The van der Waals surface area contributed by atoms with Gasteiger partial charge in [0.2, 0.25) is 0 Å². The number of esters is 1. The minimum Gasteiger partial charge on any atom is -0.493 e. The largest absolute Gasteiger partial charge is 0.493 e. The van der Waals surface area contributed by atoms with E-state index in [9.17, 15) is 4.79 Å². The van der Waals surface area contributed by atoms with E-state index >= 15 is 0 Å². The highest BCUT2D eigenvalue weighted by Gasteiger charge is 2.10. The Morgan fingerprint density at radius 1 is 1.08 bits per heavy atom. The number of benzene rings is 2. The molecule has 0 saturated heterocycles. The summed E-state index contributed by atoms with van der Waals surface area (Å²) >= 11 is 3.57. The molecular weight excluding hydrogens is 386 g/mol. The van der Waals surface area contributed by atoms with Crippen LogP contribution in [0.15, 0.2) is 40.9 Å². The fourth-order valence-electron chi connectivity index (χ4n) is 2.28. The van der Waals surface area contributed by atoms with Gasteiger partial charge in [-0.05, 0) is 55.8 Å². The summed E-state index contributed by atoms with van der Waals surface area (Å²) in [5.41, 5.74) is 2.49. The minimum atomic E-state index is -0.312. The van der Waals surface area contributed by atoms with Gasteiger partial charge in [-0.15, -0.1) is 0 Å². The molecule has 0 saturated carbocycles. The summed E-state index contributed by atoms with van der Waals surface area (Å²) in [7, 11) is 1.62. The lowest BCUT2D eigenvalue weighted by Crippen LogP contribution is -2.05. The second-order valence-corrected chi connectivity index (χ2v) is 6.03. The number of nitrogens with one attached hydrogen (secondary N) is 1. The number of ether oxygens (including phenoxy) is 3. The number of anilines is 1. The maximum atomic E-state index is 11.7. The molecule has 0 aliphatic carbocycles. The molecule has 0 aliphatic rings. The van der Waals surface area contributed by atoms with Crippen LogP contribution in [-0.2, 0) is 11.3 Å². The minimum absolute atomic E-state index is 0.312. The molecule has 0 bridgehead atoms. The molecule has 2 rings (SSSR count). The molecule has 2 aromatic rings. The number of hydrogen-bond acceptors (Lipinski definition) is 5. The Labute approximate surface area is 156 Å². The Kier molecular flexibility index (Phi) is 7.13. The molecule has 0 aliphatic heterocycles. The van der Waals surface area contributed by atoms with Crippen LogP contribution in [0.1, 0.15) is 29.8 Å². The van der Waals surface area contributed by atoms with E-state index in [1.165, 1.54) is 0 Å². The Morgan fingerprint density at radius 3 is 2.40 bits per heavy atom. The quantitative estimate of drug-likeness (QED) is 0.645. The van der Waals surface area contributed by atoms with Gasteiger partial charge in [0.25, 0.3) is 0 Å². The van der Waals surface area contributed by atoms with E-state index in [1.54, 1.807) is 26.2 Å². The van der Waals surface area contributed by atoms with Gasteiger partial charge < -0.3 is 19.5 Å². The van der Waals surface area contributed by atoms with Crippen LogP contribution >= 0.6 is 15.9 Å². The van der Waals surface area contributed by atoms with E-state index < -0.39 is 0 Å². The predicted octanol–water partition coefficient (Wildman–Crippen LogP) is 4.65. The fourth-order valence-corrected chi connectivity index (χ4v) is 2.74. The lowest BCUT2D eigenvalue weighted by molar-refractivity contribution is 0.0526. The first-order chi connectivity index (χ1) is 12.1. The van der Waals surface area contributed by atoms with Gasteiger partial charge in [-0.25, -0.2) is 4.79 Å².